The molecule has 5 fully saturated rings. The number of fused-ring (bicyclic) bond motifs is 2. The van der Waals surface area contributed by atoms with Gasteiger partial charge in [-0.3, -0.25) is 20.3 Å². The molecule has 0 bridgehead atoms. The van der Waals surface area contributed by atoms with Crippen molar-refractivity contribution in [1.29, 1.82) is 5.26 Å². The van der Waals surface area contributed by atoms with Crippen molar-refractivity contribution in [2.75, 3.05) is 58.3 Å². The molecule has 2 N–H and O–H groups in total. The minimum atomic E-state index is -0.410. The zero-order chi connectivity index (χ0) is 34.9. The lowest BCUT2D eigenvalue weighted by Crippen LogP contribution is -2.82. The van der Waals surface area contributed by atoms with Gasteiger partial charge in [0.05, 0.1) is 43.0 Å². The van der Waals surface area contributed by atoms with E-state index >= 15 is 0 Å². The molecule has 1 aromatic rings. The summed E-state index contributed by atoms with van der Waals surface area (Å²) in [5.74, 6) is 1.06. The third-order valence-electron chi connectivity index (χ3n) is 13.1. The lowest BCUT2D eigenvalue weighted by molar-refractivity contribution is -0.190. The molecule has 2 aliphatic carbocycles. The number of piperazine rings is 1. The molecule has 6 unspecified atom stereocenters. The number of halogens is 1. The van der Waals surface area contributed by atoms with Crippen molar-refractivity contribution >= 4 is 11.6 Å². The number of anilines is 1. The molecule has 1 aromatic carbocycles. The van der Waals surface area contributed by atoms with Crippen LogP contribution in [0.5, 0.6) is 5.75 Å². The molecule has 50 heavy (non-hydrogen) atoms. The van der Waals surface area contributed by atoms with E-state index in [2.05, 4.69) is 45.0 Å². The first-order valence-corrected chi connectivity index (χ1v) is 19.4. The molecule has 0 radical (unpaired) electrons. The van der Waals surface area contributed by atoms with Gasteiger partial charge in [-0.05, 0) is 76.2 Å². The number of carbonyl (C=O) groups is 1. The summed E-state index contributed by atoms with van der Waals surface area (Å²) in [6, 6.07) is 7.56. The topological polar surface area (TPSA) is 96.3 Å². The van der Waals surface area contributed by atoms with Crippen LogP contribution in [0.15, 0.2) is 30.9 Å². The highest BCUT2D eigenvalue weighted by atomic mass is 19.1. The van der Waals surface area contributed by atoms with Crippen LogP contribution in [0.25, 0.3) is 0 Å². The zero-order valence-corrected chi connectivity index (χ0v) is 30.3. The maximum Gasteiger partial charge on any atom is 0.246 e. The van der Waals surface area contributed by atoms with E-state index in [1.54, 1.807) is 12.1 Å². The summed E-state index contributed by atoms with van der Waals surface area (Å²) >= 11 is 0. The Morgan fingerprint density at radius 1 is 1.10 bits per heavy atom. The van der Waals surface area contributed by atoms with Crippen LogP contribution in [0.3, 0.4) is 0 Å². The minimum absolute atomic E-state index is 0.0960. The first-order chi connectivity index (χ1) is 24.2. The third kappa shape index (κ3) is 6.91. The molecule has 10 nitrogen and oxygen atoms in total. The molecule has 1 spiro atoms. The molecule has 1 amide bonds. The molecule has 11 heteroatoms. The van der Waals surface area contributed by atoms with Crippen LogP contribution in [0.4, 0.5) is 10.1 Å². The van der Waals surface area contributed by atoms with Gasteiger partial charge in [-0.1, -0.05) is 38.7 Å². The second-order valence-corrected chi connectivity index (χ2v) is 16.1. The van der Waals surface area contributed by atoms with Crippen LogP contribution < -0.4 is 20.3 Å². The monoisotopic (exact) mass is 691 g/mol. The average Bonchev–Trinajstić information content (AvgIpc) is 3.51. The Hall–Kier alpha value is -2.75. The Morgan fingerprint density at radius 2 is 1.90 bits per heavy atom. The van der Waals surface area contributed by atoms with Gasteiger partial charge in [0.1, 0.15) is 17.2 Å². The van der Waals surface area contributed by atoms with Crippen LogP contribution in [0, 0.1) is 29.0 Å². The first-order valence-electron chi connectivity index (χ1n) is 19.4. The molecular weight excluding hydrogens is 633 g/mol. The molecule has 4 heterocycles. The Labute approximate surface area is 298 Å². The predicted molar refractivity (Wildman–Crippen MR) is 192 cm³/mol. The van der Waals surface area contributed by atoms with Crippen LogP contribution in [0.2, 0.25) is 0 Å². The van der Waals surface area contributed by atoms with E-state index in [1.807, 2.05) is 11.9 Å². The Bertz CT molecular complexity index is 1420. The highest BCUT2D eigenvalue weighted by Crippen LogP contribution is 2.51. The van der Waals surface area contributed by atoms with E-state index in [0.717, 1.165) is 63.1 Å². The summed E-state index contributed by atoms with van der Waals surface area (Å²) < 4.78 is 28.1. The van der Waals surface area contributed by atoms with Crippen LogP contribution in [-0.4, -0.2) is 110 Å². The van der Waals surface area contributed by atoms with Gasteiger partial charge in [-0.25, -0.2) is 4.39 Å². The lowest BCUT2D eigenvalue weighted by atomic mass is 9.62. The van der Waals surface area contributed by atoms with E-state index in [0.29, 0.717) is 44.6 Å². The molecule has 7 atom stereocenters. The van der Waals surface area contributed by atoms with E-state index in [-0.39, 0.29) is 41.7 Å². The predicted octanol–water partition coefficient (Wildman–Crippen LogP) is 4.82. The van der Waals surface area contributed by atoms with Crippen molar-refractivity contribution in [3.05, 3.63) is 36.7 Å². The molecule has 0 aromatic heterocycles. The number of ether oxygens (including phenoxy) is 2. The molecule has 274 valence electrons. The van der Waals surface area contributed by atoms with Crippen molar-refractivity contribution in [3.8, 4) is 11.8 Å². The number of nitrogens with one attached hydrogen (secondary N) is 2. The molecule has 4 aliphatic heterocycles. The molecular formula is C39H58FN7O3. The number of nitriles is 1. The van der Waals surface area contributed by atoms with Gasteiger partial charge < -0.3 is 24.2 Å². The van der Waals surface area contributed by atoms with E-state index in [1.165, 1.54) is 50.7 Å². The fourth-order valence-electron chi connectivity index (χ4n) is 10.7. The normalized spacial score (nSPS) is 35.8. The Morgan fingerprint density at radius 3 is 2.64 bits per heavy atom. The van der Waals surface area contributed by atoms with Gasteiger partial charge in [0.15, 0.2) is 6.35 Å². The first kappa shape index (κ1) is 35.6. The number of carbonyl (C=O) groups excluding carboxylic acids is 1. The number of nitrogens with zero attached hydrogens (tertiary/aromatic N) is 5. The van der Waals surface area contributed by atoms with Gasteiger partial charge in [0, 0.05) is 57.2 Å². The average molecular weight is 692 g/mol. The third-order valence-corrected chi connectivity index (χ3v) is 13.1. The largest absolute Gasteiger partial charge is 0.483 e. The van der Waals surface area contributed by atoms with E-state index < -0.39 is 5.60 Å². The summed E-state index contributed by atoms with van der Waals surface area (Å²) in [7, 11) is 4.25. The maximum atomic E-state index is 14.3. The fraction of sp³-hybridized carbons (Fsp3) is 0.744. The highest BCUT2D eigenvalue weighted by molar-refractivity contribution is 5.87. The van der Waals surface area contributed by atoms with Crippen molar-refractivity contribution < 1.29 is 18.7 Å². The number of likely N-dealkylation sites (tertiary alicyclic amines) is 1. The molecule has 7 rings (SSSR count). The maximum absolute atomic E-state index is 14.3. The molecule has 6 aliphatic rings. The standard InChI is InChI=1S/C39H58FN7O3/c1-4-36(48)47-22-21-46(25-30(47)17-19-41)39(28-11-8-6-5-7-9-12-28)32-16-18-38(27-45(3)34-23-29(40)14-15-35(34)50-38)24-33(32)42-37(43-39)49-26-31-13-10-20-44(31)2/h4,14-15,23,28,30-33,37,42-43H,1,5-13,16-18,20-22,24-27H2,2-3H3/t30?,31?,32?,33?,37?,38-,39?/m1/s1. The van der Waals surface area contributed by atoms with Crippen LogP contribution >= 0.6 is 0 Å². The number of rotatable bonds is 7. The van der Waals surface area contributed by atoms with Gasteiger partial charge in [0.2, 0.25) is 5.91 Å². The van der Waals surface area contributed by atoms with Crippen molar-refractivity contribution in [3.63, 3.8) is 0 Å². The van der Waals surface area contributed by atoms with Gasteiger partial charge >= 0.3 is 0 Å². The summed E-state index contributed by atoms with van der Waals surface area (Å²) in [5, 5.41) is 18.1. The summed E-state index contributed by atoms with van der Waals surface area (Å²) in [4.78, 5) is 22.1. The Balaban J connectivity index is 1.25. The SMILES string of the molecule is C=CC(=O)N1CCN(C2(C3CCCCCCC3)NC(OCC3CCCN3C)NC3C[C@]4(CCC32)CN(C)c2cc(F)ccc2O4)CC1CC#N. The van der Waals surface area contributed by atoms with Crippen LogP contribution in [0.1, 0.15) is 83.5 Å². The second-order valence-electron chi connectivity index (χ2n) is 16.1. The smallest absolute Gasteiger partial charge is 0.246 e. The number of hydrogen-bond acceptors (Lipinski definition) is 9. The van der Waals surface area contributed by atoms with Gasteiger partial charge in [0.25, 0.3) is 0 Å². The number of hydrogen-bond donors (Lipinski definition) is 2. The van der Waals surface area contributed by atoms with Crippen molar-refractivity contribution in [1.82, 2.24) is 25.3 Å². The van der Waals surface area contributed by atoms with E-state index in [4.69, 9.17) is 9.47 Å². The van der Waals surface area contributed by atoms with Crippen molar-refractivity contribution in [2.45, 2.75) is 119 Å². The quantitative estimate of drug-likeness (QED) is 0.391. The second kappa shape index (κ2) is 15.1. The number of amides is 1. The Kier molecular flexibility index (Phi) is 10.7. The molecule has 3 saturated heterocycles. The summed E-state index contributed by atoms with van der Waals surface area (Å²) in [5.41, 5.74) is 0.0174. The van der Waals surface area contributed by atoms with Crippen LogP contribution in [-0.2, 0) is 9.53 Å². The highest BCUT2D eigenvalue weighted by Gasteiger charge is 2.60. The van der Waals surface area contributed by atoms with Crippen molar-refractivity contribution in [2.24, 2.45) is 11.8 Å². The number of likely N-dealkylation sites (N-methyl/N-ethyl adjacent to an activating group) is 2. The lowest BCUT2D eigenvalue weighted by Gasteiger charge is -2.64. The van der Waals surface area contributed by atoms with Gasteiger partial charge in [-0.2, -0.15) is 5.26 Å². The summed E-state index contributed by atoms with van der Waals surface area (Å²) in [6.45, 7) is 8.17. The summed E-state index contributed by atoms with van der Waals surface area (Å²) in [6.07, 6.45) is 14.8. The minimum Gasteiger partial charge on any atom is -0.483 e. The fourth-order valence-corrected chi connectivity index (χ4v) is 10.7. The number of benzene rings is 1. The van der Waals surface area contributed by atoms with Gasteiger partial charge in [-0.15, -0.1) is 0 Å². The zero-order valence-electron chi connectivity index (χ0n) is 30.3. The molecule has 2 saturated carbocycles. The van der Waals surface area contributed by atoms with E-state index in [9.17, 15) is 14.4 Å².